The number of hydrogen-bond donors (Lipinski definition) is 1. The second kappa shape index (κ2) is 6.02. The van der Waals surface area contributed by atoms with E-state index in [0.29, 0.717) is 30.1 Å². The third-order valence-electron chi connectivity index (χ3n) is 3.92. The summed E-state index contributed by atoms with van der Waals surface area (Å²) in [4.78, 5) is 21.1. The lowest BCUT2D eigenvalue weighted by Crippen LogP contribution is -2.39. The Morgan fingerprint density at radius 1 is 1.50 bits per heavy atom. The molecule has 110 valence electrons. The van der Waals surface area contributed by atoms with E-state index in [0.717, 1.165) is 19.5 Å². The molecule has 0 radical (unpaired) electrons. The largest absolute Gasteiger partial charge is 0.354 e. The van der Waals surface area contributed by atoms with E-state index in [4.69, 9.17) is 0 Å². The van der Waals surface area contributed by atoms with Crippen LogP contribution in [0.4, 0.5) is 17.5 Å². The molecule has 20 heavy (non-hydrogen) atoms. The molecule has 0 saturated carbocycles. The molecule has 1 aliphatic rings. The van der Waals surface area contributed by atoms with E-state index in [1.165, 1.54) is 6.20 Å². The summed E-state index contributed by atoms with van der Waals surface area (Å²) >= 11 is 0. The van der Waals surface area contributed by atoms with Crippen LogP contribution in [0.2, 0.25) is 0 Å². The van der Waals surface area contributed by atoms with E-state index in [-0.39, 0.29) is 5.69 Å². The summed E-state index contributed by atoms with van der Waals surface area (Å²) < 4.78 is 0. The Kier molecular flexibility index (Phi) is 4.36. The first kappa shape index (κ1) is 14.5. The molecule has 7 heteroatoms. The average Bonchev–Trinajstić information content (AvgIpc) is 2.42. The standard InChI is InChI=1S/C13H21N5O2/c1-4-14-13-15-7-11(18(19)20)12(16-13)17-6-5-9(2)10(3)8-17/h7,9-10H,4-6,8H2,1-3H3,(H,14,15,16). The maximum absolute atomic E-state index is 11.2. The molecule has 2 unspecified atom stereocenters. The number of piperidine rings is 1. The molecule has 1 fully saturated rings. The zero-order valence-electron chi connectivity index (χ0n) is 12.2. The Morgan fingerprint density at radius 2 is 2.25 bits per heavy atom. The third-order valence-corrected chi connectivity index (χ3v) is 3.92. The van der Waals surface area contributed by atoms with Gasteiger partial charge in [0.1, 0.15) is 6.20 Å². The fourth-order valence-electron chi connectivity index (χ4n) is 2.43. The topological polar surface area (TPSA) is 84.2 Å². The van der Waals surface area contributed by atoms with Crippen molar-refractivity contribution in [2.45, 2.75) is 27.2 Å². The van der Waals surface area contributed by atoms with Crippen LogP contribution in [0.3, 0.4) is 0 Å². The monoisotopic (exact) mass is 279 g/mol. The first-order chi connectivity index (χ1) is 9.52. The first-order valence-corrected chi connectivity index (χ1v) is 7.03. The molecule has 2 heterocycles. The van der Waals surface area contributed by atoms with E-state index in [1.807, 2.05) is 11.8 Å². The Morgan fingerprint density at radius 3 is 2.85 bits per heavy atom. The van der Waals surface area contributed by atoms with Crippen LogP contribution < -0.4 is 10.2 Å². The van der Waals surface area contributed by atoms with Crippen LogP contribution in [0.25, 0.3) is 0 Å². The molecule has 0 aliphatic carbocycles. The van der Waals surface area contributed by atoms with Gasteiger partial charge >= 0.3 is 5.69 Å². The van der Waals surface area contributed by atoms with E-state index in [9.17, 15) is 10.1 Å². The number of anilines is 2. The molecule has 0 bridgehead atoms. The molecular weight excluding hydrogens is 258 g/mol. The summed E-state index contributed by atoms with van der Waals surface area (Å²) in [6, 6.07) is 0. The molecule has 1 aromatic rings. The molecule has 0 aromatic carbocycles. The summed E-state index contributed by atoms with van der Waals surface area (Å²) in [5.41, 5.74) is -0.0200. The van der Waals surface area contributed by atoms with E-state index < -0.39 is 4.92 Å². The minimum absolute atomic E-state index is 0.0200. The van der Waals surface area contributed by atoms with Gasteiger partial charge < -0.3 is 10.2 Å². The Bertz CT molecular complexity index is 494. The van der Waals surface area contributed by atoms with Gasteiger partial charge in [-0.05, 0) is 25.2 Å². The van der Waals surface area contributed by atoms with Crippen LogP contribution in [0.15, 0.2) is 6.20 Å². The smallest absolute Gasteiger partial charge is 0.329 e. The highest BCUT2D eigenvalue weighted by atomic mass is 16.6. The zero-order valence-corrected chi connectivity index (χ0v) is 12.2. The average molecular weight is 279 g/mol. The Balaban J connectivity index is 2.32. The van der Waals surface area contributed by atoms with Crippen molar-refractivity contribution in [1.82, 2.24) is 9.97 Å². The molecule has 0 amide bonds. The highest BCUT2D eigenvalue weighted by molar-refractivity contribution is 5.59. The minimum atomic E-state index is -0.409. The molecule has 1 aromatic heterocycles. The van der Waals surface area contributed by atoms with E-state index >= 15 is 0 Å². The zero-order chi connectivity index (χ0) is 14.7. The fourth-order valence-corrected chi connectivity index (χ4v) is 2.43. The van der Waals surface area contributed by atoms with Gasteiger partial charge in [0, 0.05) is 19.6 Å². The fraction of sp³-hybridized carbons (Fsp3) is 0.692. The van der Waals surface area contributed by atoms with Gasteiger partial charge in [-0.2, -0.15) is 4.98 Å². The van der Waals surface area contributed by atoms with Crippen LogP contribution in [0, 0.1) is 22.0 Å². The lowest BCUT2D eigenvalue weighted by Gasteiger charge is -2.35. The van der Waals surface area contributed by atoms with Crippen molar-refractivity contribution in [3.63, 3.8) is 0 Å². The van der Waals surface area contributed by atoms with Crippen molar-refractivity contribution < 1.29 is 4.92 Å². The highest BCUT2D eigenvalue weighted by Crippen LogP contribution is 2.31. The van der Waals surface area contributed by atoms with Crippen LogP contribution in [0.5, 0.6) is 0 Å². The summed E-state index contributed by atoms with van der Waals surface area (Å²) in [5.74, 6) is 2.01. The molecular formula is C13H21N5O2. The Labute approximate surface area is 118 Å². The van der Waals surface area contributed by atoms with Crippen molar-refractivity contribution in [1.29, 1.82) is 0 Å². The van der Waals surface area contributed by atoms with Gasteiger partial charge in [0.25, 0.3) is 0 Å². The van der Waals surface area contributed by atoms with Crippen molar-refractivity contribution in [2.24, 2.45) is 11.8 Å². The number of nitrogens with zero attached hydrogens (tertiary/aromatic N) is 4. The van der Waals surface area contributed by atoms with Gasteiger partial charge in [-0.3, -0.25) is 10.1 Å². The SMILES string of the molecule is CCNc1ncc([N+](=O)[O-])c(N2CCC(C)C(C)C2)n1. The van der Waals surface area contributed by atoms with E-state index in [2.05, 4.69) is 29.1 Å². The second-order valence-corrected chi connectivity index (χ2v) is 5.38. The van der Waals surface area contributed by atoms with Gasteiger partial charge in [0.15, 0.2) is 0 Å². The molecule has 2 rings (SSSR count). The number of nitrogens with one attached hydrogen (secondary N) is 1. The van der Waals surface area contributed by atoms with Crippen molar-refractivity contribution in [3.8, 4) is 0 Å². The molecule has 0 spiro atoms. The van der Waals surface area contributed by atoms with Gasteiger partial charge in [0.2, 0.25) is 11.8 Å². The Hall–Kier alpha value is -1.92. The normalized spacial score (nSPS) is 22.6. The molecule has 2 atom stereocenters. The van der Waals surface area contributed by atoms with Gasteiger partial charge in [0.05, 0.1) is 4.92 Å². The maximum atomic E-state index is 11.2. The summed E-state index contributed by atoms with van der Waals surface area (Å²) in [7, 11) is 0. The lowest BCUT2D eigenvalue weighted by atomic mass is 9.89. The van der Waals surface area contributed by atoms with Gasteiger partial charge in [-0.15, -0.1) is 0 Å². The minimum Gasteiger partial charge on any atom is -0.354 e. The van der Waals surface area contributed by atoms with Crippen LogP contribution >= 0.6 is 0 Å². The number of nitro groups is 1. The number of aromatic nitrogens is 2. The lowest BCUT2D eigenvalue weighted by molar-refractivity contribution is -0.384. The molecule has 1 N–H and O–H groups in total. The quantitative estimate of drug-likeness (QED) is 0.672. The van der Waals surface area contributed by atoms with Gasteiger partial charge in [-0.25, -0.2) is 4.98 Å². The van der Waals surface area contributed by atoms with E-state index in [1.54, 1.807) is 0 Å². The highest BCUT2D eigenvalue weighted by Gasteiger charge is 2.29. The third kappa shape index (κ3) is 2.97. The molecule has 1 saturated heterocycles. The van der Waals surface area contributed by atoms with Crippen molar-refractivity contribution in [2.75, 3.05) is 29.9 Å². The molecule has 1 aliphatic heterocycles. The summed E-state index contributed by atoms with van der Waals surface area (Å²) in [5, 5.41) is 14.2. The predicted octanol–water partition coefficient (Wildman–Crippen LogP) is 2.30. The predicted molar refractivity (Wildman–Crippen MR) is 78.0 cm³/mol. The van der Waals surface area contributed by atoms with Gasteiger partial charge in [-0.1, -0.05) is 13.8 Å². The first-order valence-electron chi connectivity index (χ1n) is 7.03. The summed E-state index contributed by atoms with van der Waals surface area (Å²) in [6.45, 7) is 8.62. The van der Waals surface area contributed by atoms with Crippen LogP contribution in [0.1, 0.15) is 27.2 Å². The number of rotatable bonds is 4. The van der Waals surface area contributed by atoms with Crippen LogP contribution in [-0.4, -0.2) is 34.5 Å². The second-order valence-electron chi connectivity index (χ2n) is 5.38. The number of hydrogen-bond acceptors (Lipinski definition) is 6. The van der Waals surface area contributed by atoms with Crippen molar-refractivity contribution >= 4 is 17.5 Å². The maximum Gasteiger partial charge on any atom is 0.329 e. The van der Waals surface area contributed by atoms with Crippen molar-refractivity contribution in [3.05, 3.63) is 16.3 Å². The van der Waals surface area contributed by atoms with Crippen LogP contribution in [-0.2, 0) is 0 Å². The molecule has 7 nitrogen and oxygen atoms in total. The summed E-state index contributed by atoms with van der Waals surface area (Å²) in [6.07, 6.45) is 2.32.